The van der Waals surface area contributed by atoms with E-state index in [0.29, 0.717) is 0 Å². The molecule has 0 aliphatic carbocycles. The lowest BCUT2D eigenvalue weighted by molar-refractivity contribution is -0.184. The quantitative estimate of drug-likeness (QED) is 0.495. The highest BCUT2D eigenvalue weighted by atomic mass is 19.1. The molecule has 0 bridgehead atoms. The normalized spacial score (nSPS) is 12.3. The third kappa shape index (κ3) is 3.36. The van der Waals surface area contributed by atoms with Gasteiger partial charge in [-0.25, -0.2) is 4.39 Å². The van der Waals surface area contributed by atoms with Crippen molar-refractivity contribution in [3.05, 3.63) is 23.5 Å². The van der Waals surface area contributed by atoms with Gasteiger partial charge < -0.3 is 14.6 Å². The molecule has 142 valence electrons. The van der Waals surface area contributed by atoms with Crippen LogP contribution in [0.3, 0.4) is 0 Å². The summed E-state index contributed by atoms with van der Waals surface area (Å²) in [6, 6.07) is 3.70. The summed E-state index contributed by atoms with van der Waals surface area (Å²) in [6.45, 7) is 9.69. The first-order valence-corrected chi connectivity index (χ1v) is 7.97. The number of aliphatic carboxylic acids is 1. The molecule has 1 rings (SSSR count). The number of hydrogen-bond donors (Lipinski definition) is 1. The Morgan fingerprint density at radius 3 is 1.92 bits per heavy atom. The molecule has 0 aromatic heterocycles. The number of carbonyl (C=O) groups excluding carboxylic acids is 1. The van der Waals surface area contributed by atoms with Gasteiger partial charge in [-0.15, -0.1) is 0 Å². The van der Waals surface area contributed by atoms with Crippen molar-refractivity contribution in [3.63, 3.8) is 0 Å². The number of hydrogen-bond acceptors (Lipinski definition) is 5. The molecule has 0 saturated carbocycles. The second-order valence-corrected chi connectivity index (χ2v) is 8.04. The Morgan fingerprint density at radius 2 is 1.58 bits per heavy atom. The topological polar surface area (TPSA) is 96.6 Å². The Bertz CT molecular complexity index is 752. The fourth-order valence-electron chi connectivity index (χ4n) is 3.51. The van der Waals surface area contributed by atoms with Crippen LogP contribution in [0, 0.1) is 33.4 Å². The van der Waals surface area contributed by atoms with Gasteiger partial charge in [0.1, 0.15) is 11.8 Å². The number of ether oxygens (including phenoxy) is 2. The van der Waals surface area contributed by atoms with Crippen LogP contribution < -0.4 is 9.47 Å². The lowest BCUT2D eigenvalue weighted by Crippen LogP contribution is -2.59. The van der Waals surface area contributed by atoms with E-state index in [0.717, 1.165) is 12.1 Å². The van der Waals surface area contributed by atoms with Gasteiger partial charge in [0, 0.05) is 6.07 Å². The molecule has 26 heavy (non-hydrogen) atoms. The molecule has 1 aromatic carbocycles. The average molecular weight is 365 g/mol. The molecule has 7 heteroatoms. The molecule has 1 N–H and O–H groups in total. The van der Waals surface area contributed by atoms with Crippen molar-refractivity contribution in [2.45, 2.75) is 41.5 Å². The molecule has 0 aliphatic rings. The first kappa shape index (κ1) is 21.4. The Kier molecular flexibility index (Phi) is 5.72. The molecule has 0 radical (unpaired) electrons. The van der Waals surface area contributed by atoms with Crippen LogP contribution in [0.25, 0.3) is 0 Å². The largest absolute Gasteiger partial charge is 0.495 e. The van der Waals surface area contributed by atoms with Crippen molar-refractivity contribution in [2.24, 2.45) is 16.2 Å². The first-order chi connectivity index (χ1) is 11.7. The van der Waals surface area contributed by atoms with Crippen molar-refractivity contribution in [1.82, 2.24) is 0 Å². The van der Waals surface area contributed by atoms with Crippen molar-refractivity contribution in [3.8, 4) is 17.6 Å². The van der Waals surface area contributed by atoms with Crippen LogP contribution in [-0.2, 0) is 9.59 Å². The lowest BCUT2D eigenvalue weighted by atomic mass is 9.54. The molecule has 0 aliphatic heterocycles. The molecule has 0 unspecified atom stereocenters. The predicted molar refractivity (Wildman–Crippen MR) is 92.3 cm³/mol. The van der Waals surface area contributed by atoms with E-state index in [1.807, 2.05) is 0 Å². The van der Waals surface area contributed by atoms with E-state index in [1.54, 1.807) is 47.6 Å². The van der Waals surface area contributed by atoms with Gasteiger partial charge in [-0.05, 0) is 16.9 Å². The van der Waals surface area contributed by atoms with Gasteiger partial charge in [-0.2, -0.15) is 5.26 Å². The number of carboxylic acid groups (broad SMARTS) is 1. The summed E-state index contributed by atoms with van der Waals surface area (Å²) in [6.07, 6.45) is 0. The molecule has 0 fully saturated rings. The minimum absolute atomic E-state index is 0.0177. The van der Waals surface area contributed by atoms with E-state index in [4.69, 9.17) is 14.7 Å². The standard InChI is InChI=1S/C19H24FNO5/c1-17(2,3)19(15(22)23,18(4,5)6)16(24)26-14-9-13(25-7)11(10-21)8-12(14)20/h8-9H,1-7H3,(H,22,23). The van der Waals surface area contributed by atoms with Crippen LogP contribution in [0.2, 0.25) is 0 Å². The molecule has 6 nitrogen and oxygen atoms in total. The molecule has 0 saturated heterocycles. The number of nitrogens with zero attached hydrogens (tertiary/aromatic N) is 1. The van der Waals surface area contributed by atoms with E-state index < -0.39 is 39.8 Å². The van der Waals surface area contributed by atoms with E-state index in [-0.39, 0.29) is 11.3 Å². The van der Waals surface area contributed by atoms with Crippen LogP contribution in [0.15, 0.2) is 12.1 Å². The zero-order valence-corrected chi connectivity index (χ0v) is 16.1. The molecule has 0 amide bonds. The molecular formula is C19H24FNO5. The number of rotatable bonds is 4. The average Bonchev–Trinajstić information content (AvgIpc) is 2.45. The maximum atomic E-state index is 14.3. The van der Waals surface area contributed by atoms with E-state index in [9.17, 15) is 19.1 Å². The Labute approximate surface area is 152 Å². The highest BCUT2D eigenvalue weighted by molar-refractivity contribution is 6.02. The number of esters is 1. The molecule has 1 aromatic rings. The third-order valence-corrected chi connectivity index (χ3v) is 4.45. The van der Waals surface area contributed by atoms with Crippen LogP contribution in [0.1, 0.15) is 47.1 Å². The predicted octanol–water partition coefficient (Wildman–Crippen LogP) is 3.77. The molecular weight excluding hydrogens is 341 g/mol. The van der Waals surface area contributed by atoms with Gasteiger partial charge in [0.05, 0.1) is 12.7 Å². The monoisotopic (exact) mass is 365 g/mol. The summed E-state index contributed by atoms with van der Waals surface area (Å²) in [4.78, 5) is 25.2. The first-order valence-electron chi connectivity index (χ1n) is 7.97. The summed E-state index contributed by atoms with van der Waals surface area (Å²) in [5, 5.41) is 18.9. The minimum Gasteiger partial charge on any atom is -0.495 e. The Morgan fingerprint density at radius 1 is 1.08 bits per heavy atom. The Hall–Kier alpha value is -2.62. The van der Waals surface area contributed by atoms with Gasteiger partial charge in [-0.3, -0.25) is 9.59 Å². The number of benzene rings is 1. The van der Waals surface area contributed by atoms with Gasteiger partial charge in [0.2, 0.25) is 0 Å². The zero-order valence-electron chi connectivity index (χ0n) is 16.1. The van der Waals surface area contributed by atoms with Gasteiger partial charge >= 0.3 is 11.9 Å². The number of methoxy groups -OCH3 is 1. The summed E-state index contributed by atoms with van der Waals surface area (Å²) in [5.41, 5.74) is -4.07. The lowest BCUT2D eigenvalue weighted by Gasteiger charge is -2.47. The second-order valence-electron chi connectivity index (χ2n) is 8.04. The van der Waals surface area contributed by atoms with Gasteiger partial charge in [0.25, 0.3) is 0 Å². The van der Waals surface area contributed by atoms with Crippen molar-refractivity contribution < 1.29 is 28.6 Å². The van der Waals surface area contributed by atoms with Gasteiger partial charge in [-0.1, -0.05) is 41.5 Å². The molecule has 0 heterocycles. The fourth-order valence-corrected chi connectivity index (χ4v) is 3.51. The van der Waals surface area contributed by atoms with Crippen LogP contribution in [-0.4, -0.2) is 24.2 Å². The maximum Gasteiger partial charge on any atom is 0.330 e. The third-order valence-electron chi connectivity index (χ3n) is 4.45. The number of carboxylic acids is 1. The van der Waals surface area contributed by atoms with Crippen molar-refractivity contribution >= 4 is 11.9 Å². The second kappa shape index (κ2) is 6.94. The summed E-state index contributed by atoms with van der Waals surface area (Å²) < 4.78 is 24.4. The number of carbonyl (C=O) groups is 2. The highest BCUT2D eigenvalue weighted by Crippen LogP contribution is 2.53. The van der Waals surface area contributed by atoms with E-state index in [1.165, 1.54) is 7.11 Å². The van der Waals surface area contributed by atoms with Crippen molar-refractivity contribution in [2.75, 3.05) is 7.11 Å². The SMILES string of the molecule is COc1cc(OC(=O)C(C(=O)O)(C(C)(C)C)C(C)(C)C)c(F)cc1C#N. The number of nitriles is 1. The van der Waals surface area contributed by atoms with E-state index >= 15 is 0 Å². The highest BCUT2D eigenvalue weighted by Gasteiger charge is 2.63. The van der Waals surface area contributed by atoms with Crippen LogP contribution in [0.5, 0.6) is 11.5 Å². The fraction of sp³-hybridized carbons (Fsp3) is 0.526. The summed E-state index contributed by atoms with van der Waals surface area (Å²) >= 11 is 0. The van der Waals surface area contributed by atoms with Crippen molar-refractivity contribution in [1.29, 1.82) is 5.26 Å². The zero-order chi connectivity index (χ0) is 20.5. The smallest absolute Gasteiger partial charge is 0.330 e. The maximum absolute atomic E-state index is 14.3. The number of halogens is 1. The van der Waals surface area contributed by atoms with Crippen LogP contribution in [0.4, 0.5) is 4.39 Å². The summed E-state index contributed by atoms with van der Waals surface area (Å²) in [5.74, 6) is -3.88. The van der Waals surface area contributed by atoms with Crippen LogP contribution >= 0.6 is 0 Å². The molecule has 0 spiro atoms. The van der Waals surface area contributed by atoms with E-state index in [2.05, 4.69) is 0 Å². The Balaban J connectivity index is 3.55. The molecule has 0 atom stereocenters. The summed E-state index contributed by atoms with van der Waals surface area (Å²) in [7, 11) is 1.28. The van der Waals surface area contributed by atoms with Gasteiger partial charge in [0.15, 0.2) is 17.0 Å². The minimum atomic E-state index is -1.95.